The highest BCUT2D eigenvalue weighted by Crippen LogP contribution is 2.19. The number of aliphatic imine (C=N–C) groups is 1. The van der Waals surface area contributed by atoms with E-state index in [9.17, 15) is 13.2 Å². The lowest BCUT2D eigenvalue weighted by Gasteiger charge is -2.11. The average molecular weight is 385 g/mol. The molecule has 1 heterocycles. The van der Waals surface area contributed by atoms with Crippen LogP contribution in [0.3, 0.4) is 0 Å². The van der Waals surface area contributed by atoms with Gasteiger partial charge in [0.05, 0.1) is 4.90 Å². The third-order valence-electron chi connectivity index (χ3n) is 4.37. The minimum atomic E-state index is -3.71. The summed E-state index contributed by atoms with van der Waals surface area (Å²) in [4.78, 5) is 16.7. The molecular formula is C20H23N3O3S. The van der Waals surface area contributed by atoms with Gasteiger partial charge in [0.25, 0.3) is 15.9 Å². The van der Waals surface area contributed by atoms with Crippen molar-refractivity contribution in [2.45, 2.75) is 37.5 Å². The van der Waals surface area contributed by atoms with E-state index in [0.717, 1.165) is 12.0 Å². The fourth-order valence-electron chi connectivity index (χ4n) is 2.80. The van der Waals surface area contributed by atoms with Gasteiger partial charge >= 0.3 is 0 Å². The molecule has 6 nitrogen and oxygen atoms in total. The summed E-state index contributed by atoms with van der Waals surface area (Å²) in [6.07, 6.45) is 1.48. The van der Waals surface area contributed by atoms with Gasteiger partial charge < -0.3 is 5.32 Å². The van der Waals surface area contributed by atoms with Crippen LogP contribution in [0, 0.1) is 0 Å². The molecule has 1 amide bonds. The van der Waals surface area contributed by atoms with E-state index < -0.39 is 10.0 Å². The van der Waals surface area contributed by atoms with Gasteiger partial charge in [0, 0.05) is 24.2 Å². The Hall–Kier alpha value is -2.67. The molecule has 1 aliphatic heterocycles. The Kier molecular flexibility index (Phi) is 5.60. The second-order valence-corrected chi connectivity index (χ2v) is 8.48. The maximum absolute atomic E-state index is 12.5. The molecule has 27 heavy (non-hydrogen) atoms. The zero-order chi connectivity index (χ0) is 19.4. The summed E-state index contributed by atoms with van der Waals surface area (Å²) in [5, 5.41) is 2.75. The van der Waals surface area contributed by atoms with Crippen molar-refractivity contribution in [2.24, 2.45) is 4.99 Å². The lowest BCUT2D eigenvalue weighted by molar-refractivity contribution is 0.102. The summed E-state index contributed by atoms with van der Waals surface area (Å²) in [7, 11) is -3.71. The SMILES string of the molecule is CC(C)c1ccc(C(=O)Nc2cccc(S(=O)(=O)NC3=NCCC3)c2)cc1. The Morgan fingerprint density at radius 1 is 1.11 bits per heavy atom. The topological polar surface area (TPSA) is 87.6 Å². The Labute approximate surface area is 159 Å². The van der Waals surface area contributed by atoms with Crippen LogP contribution in [0.15, 0.2) is 58.4 Å². The number of hydrogen-bond acceptors (Lipinski definition) is 4. The van der Waals surface area contributed by atoms with Crippen LogP contribution in [-0.2, 0) is 10.0 Å². The monoisotopic (exact) mass is 385 g/mol. The van der Waals surface area contributed by atoms with Gasteiger partial charge in [0.1, 0.15) is 5.84 Å². The molecule has 0 aliphatic carbocycles. The van der Waals surface area contributed by atoms with Crippen LogP contribution in [0.25, 0.3) is 0 Å². The van der Waals surface area contributed by atoms with Crippen LogP contribution in [0.4, 0.5) is 5.69 Å². The molecule has 2 aromatic carbocycles. The summed E-state index contributed by atoms with van der Waals surface area (Å²) in [5.74, 6) is 0.587. The van der Waals surface area contributed by atoms with Gasteiger partial charge in [0.15, 0.2) is 0 Å². The maximum Gasteiger partial charge on any atom is 0.262 e. The van der Waals surface area contributed by atoms with Crippen LogP contribution in [0.1, 0.15) is 48.5 Å². The first-order valence-corrected chi connectivity index (χ1v) is 10.4. The number of amides is 1. The largest absolute Gasteiger partial charge is 0.322 e. The highest BCUT2D eigenvalue weighted by molar-refractivity contribution is 7.90. The van der Waals surface area contributed by atoms with E-state index in [1.165, 1.54) is 12.1 Å². The maximum atomic E-state index is 12.5. The van der Waals surface area contributed by atoms with Crippen molar-refractivity contribution in [1.82, 2.24) is 4.72 Å². The van der Waals surface area contributed by atoms with E-state index in [2.05, 4.69) is 28.9 Å². The van der Waals surface area contributed by atoms with E-state index in [0.29, 0.717) is 36.0 Å². The normalized spacial score (nSPS) is 14.1. The lowest BCUT2D eigenvalue weighted by Crippen LogP contribution is -2.29. The molecule has 1 aliphatic rings. The number of nitrogens with zero attached hydrogens (tertiary/aromatic N) is 1. The summed E-state index contributed by atoms with van der Waals surface area (Å²) < 4.78 is 27.5. The molecule has 0 fully saturated rings. The predicted octanol–water partition coefficient (Wildman–Crippen LogP) is 3.53. The first kappa shape index (κ1) is 19.1. The lowest BCUT2D eigenvalue weighted by atomic mass is 10.0. The molecule has 3 rings (SSSR count). The van der Waals surface area contributed by atoms with Crippen LogP contribution >= 0.6 is 0 Å². The fourth-order valence-corrected chi connectivity index (χ4v) is 3.94. The first-order valence-electron chi connectivity index (χ1n) is 8.93. The van der Waals surface area contributed by atoms with Gasteiger partial charge in [-0.3, -0.25) is 14.5 Å². The number of benzene rings is 2. The van der Waals surface area contributed by atoms with Crippen LogP contribution in [0.5, 0.6) is 0 Å². The Bertz CT molecular complexity index is 964. The number of amidine groups is 1. The van der Waals surface area contributed by atoms with Gasteiger partial charge in [-0.2, -0.15) is 0 Å². The molecule has 0 saturated carbocycles. The first-order chi connectivity index (χ1) is 12.8. The smallest absolute Gasteiger partial charge is 0.262 e. The van der Waals surface area contributed by atoms with Gasteiger partial charge in [0.2, 0.25) is 0 Å². The van der Waals surface area contributed by atoms with Crippen molar-refractivity contribution in [2.75, 3.05) is 11.9 Å². The minimum Gasteiger partial charge on any atom is -0.322 e. The number of hydrogen-bond donors (Lipinski definition) is 2. The van der Waals surface area contributed by atoms with E-state index in [1.807, 2.05) is 12.1 Å². The zero-order valence-corrected chi connectivity index (χ0v) is 16.2. The highest BCUT2D eigenvalue weighted by atomic mass is 32.2. The van der Waals surface area contributed by atoms with Crippen molar-refractivity contribution >= 4 is 27.5 Å². The molecule has 0 saturated heterocycles. The molecule has 0 aromatic heterocycles. The van der Waals surface area contributed by atoms with Crippen LogP contribution < -0.4 is 10.0 Å². The summed E-state index contributed by atoms with van der Waals surface area (Å²) >= 11 is 0. The standard InChI is InChI=1S/C20H23N3O3S/c1-14(2)15-8-10-16(11-9-15)20(24)22-17-5-3-6-18(13-17)27(25,26)23-19-7-4-12-21-19/h3,5-6,8-11,13-14H,4,7,12H2,1-2H3,(H,21,23)(H,22,24). The summed E-state index contributed by atoms with van der Waals surface area (Å²) in [6.45, 7) is 4.82. The number of carbonyl (C=O) groups is 1. The number of carbonyl (C=O) groups excluding carboxylic acids is 1. The van der Waals surface area contributed by atoms with Gasteiger partial charge in [-0.25, -0.2) is 8.42 Å². The number of rotatable bonds is 5. The molecule has 0 spiro atoms. The third-order valence-corrected chi connectivity index (χ3v) is 5.75. The van der Waals surface area contributed by atoms with Gasteiger partial charge in [-0.05, 0) is 48.2 Å². The quantitative estimate of drug-likeness (QED) is 0.825. The van der Waals surface area contributed by atoms with Gasteiger partial charge in [-0.1, -0.05) is 32.0 Å². The number of anilines is 1. The van der Waals surface area contributed by atoms with Gasteiger partial charge in [-0.15, -0.1) is 0 Å². The zero-order valence-electron chi connectivity index (χ0n) is 15.4. The van der Waals surface area contributed by atoms with Crippen molar-refractivity contribution in [3.05, 3.63) is 59.7 Å². The highest BCUT2D eigenvalue weighted by Gasteiger charge is 2.19. The Morgan fingerprint density at radius 3 is 2.48 bits per heavy atom. The predicted molar refractivity (Wildman–Crippen MR) is 107 cm³/mol. The molecule has 0 atom stereocenters. The summed E-state index contributed by atoms with van der Waals surface area (Å²) in [5.41, 5.74) is 2.09. The average Bonchev–Trinajstić information content (AvgIpc) is 3.14. The molecular weight excluding hydrogens is 362 g/mol. The Morgan fingerprint density at radius 2 is 1.85 bits per heavy atom. The molecule has 0 unspecified atom stereocenters. The van der Waals surface area contributed by atoms with Crippen LogP contribution in [-0.4, -0.2) is 26.7 Å². The molecule has 0 radical (unpaired) electrons. The molecule has 0 bridgehead atoms. The molecule has 2 N–H and O–H groups in total. The number of sulfonamides is 1. The second-order valence-electron chi connectivity index (χ2n) is 6.80. The summed E-state index contributed by atoms with van der Waals surface area (Å²) in [6, 6.07) is 13.6. The van der Waals surface area contributed by atoms with E-state index >= 15 is 0 Å². The molecule has 2 aromatic rings. The van der Waals surface area contributed by atoms with E-state index in [4.69, 9.17) is 0 Å². The van der Waals surface area contributed by atoms with E-state index in [1.54, 1.807) is 24.3 Å². The fraction of sp³-hybridized carbons (Fsp3) is 0.300. The van der Waals surface area contributed by atoms with Crippen molar-refractivity contribution in [3.63, 3.8) is 0 Å². The van der Waals surface area contributed by atoms with E-state index in [-0.39, 0.29) is 10.8 Å². The molecule has 7 heteroatoms. The van der Waals surface area contributed by atoms with Crippen LogP contribution in [0.2, 0.25) is 0 Å². The minimum absolute atomic E-state index is 0.0880. The van der Waals surface area contributed by atoms with Crippen molar-refractivity contribution in [1.29, 1.82) is 0 Å². The second kappa shape index (κ2) is 7.92. The number of nitrogens with one attached hydrogen (secondary N) is 2. The Balaban J connectivity index is 1.74. The van der Waals surface area contributed by atoms with Crippen molar-refractivity contribution < 1.29 is 13.2 Å². The van der Waals surface area contributed by atoms with Crippen molar-refractivity contribution in [3.8, 4) is 0 Å². The molecule has 142 valence electrons. The third kappa shape index (κ3) is 4.74.